The Hall–Kier alpha value is -2.28. The molecule has 1 aliphatic heterocycles. The minimum Gasteiger partial charge on any atom is -0.454 e. The van der Waals surface area contributed by atoms with E-state index in [4.69, 9.17) is 13.9 Å². The number of ether oxygens (including phenoxy) is 2. The van der Waals surface area contributed by atoms with Gasteiger partial charge in [-0.3, -0.25) is 4.79 Å². The fourth-order valence-electron chi connectivity index (χ4n) is 1.86. The molecule has 1 N–H and O–H groups in total. The van der Waals surface area contributed by atoms with Crippen LogP contribution in [0.1, 0.15) is 15.9 Å². The first-order valence-corrected chi connectivity index (χ1v) is 6.88. The summed E-state index contributed by atoms with van der Waals surface area (Å²) in [5.41, 5.74) is 0.619. The summed E-state index contributed by atoms with van der Waals surface area (Å²) in [4.78, 5) is 23.1. The zero-order valence-electron chi connectivity index (χ0n) is 10.7. The van der Waals surface area contributed by atoms with E-state index in [1.807, 2.05) is 12.1 Å². The van der Waals surface area contributed by atoms with E-state index >= 15 is 0 Å². The maximum atomic E-state index is 12.0. The van der Waals surface area contributed by atoms with Gasteiger partial charge in [-0.15, -0.1) is 0 Å². The van der Waals surface area contributed by atoms with Crippen molar-refractivity contribution in [2.24, 2.45) is 0 Å². The molecule has 0 saturated heterocycles. The number of carbonyl (C=O) groups excluding carboxylic acids is 1. The van der Waals surface area contributed by atoms with Crippen molar-refractivity contribution in [1.29, 1.82) is 0 Å². The first kappa shape index (κ1) is 13.7. The first-order chi connectivity index (χ1) is 10.1. The number of nitrogens with one attached hydrogen (secondary N) is 1. The third-order valence-electron chi connectivity index (χ3n) is 2.92. The highest BCUT2D eigenvalue weighted by Gasteiger charge is 2.14. The van der Waals surface area contributed by atoms with Crippen LogP contribution in [0, 0.1) is 0 Å². The molecule has 0 saturated carbocycles. The minimum absolute atomic E-state index is 0.207. The summed E-state index contributed by atoms with van der Waals surface area (Å²) in [5, 5.41) is 2.73. The summed E-state index contributed by atoms with van der Waals surface area (Å²) in [6.45, 7) is 0.536. The van der Waals surface area contributed by atoms with Gasteiger partial charge in [0.2, 0.25) is 6.79 Å². The summed E-state index contributed by atoms with van der Waals surface area (Å²) in [7, 11) is 0. The van der Waals surface area contributed by atoms with Gasteiger partial charge >= 0.3 is 5.63 Å². The van der Waals surface area contributed by atoms with Gasteiger partial charge in [-0.2, -0.15) is 0 Å². The summed E-state index contributed by atoms with van der Waals surface area (Å²) >= 11 is 3.03. The molecular weight excluding hydrogens is 342 g/mol. The van der Waals surface area contributed by atoms with Gasteiger partial charge in [-0.05, 0) is 39.7 Å². The Morgan fingerprint density at radius 3 is 2.86 bits per heavy atom. The second kappa shape index (κ2) is 5.61. The number of benzene rings is 1. The average Bonchev–Trinajstić information content (AvgIpc) is 2.95. The molecule has 3 rings (SSSR count). The van der Waals surface area contributed by atoms with Crippen LogP contribution < -0.4 is 20.4 Å². The third-order valence-corrected chi connectivity index (χ3v) is 3.48. The average molecular weight is 352 g/mol. The van der Waals surface area contributed by atoms with Crippen LogP contribution in [0.5, 0.6) is 11.5 Å². The zero-order chi connectivity index (χ0) is 14.8. The number of carbonyl (C=O) groups is 1. The van der Waals surface area contributed by atoms with Crippen molar-refractivity contribution in [3.05, 3.63) is 56.5 Å². The van der Waals surface area contributed by atoms with Crippen LogP contribution in [0.2, 0.25) is 0 Å². The first-order valence-electron chi connectivity index (χ1n) is 6.08. The van der Waals surface area contributed by atoms with Crippen LogP contribution >= 0.6 is 15.9 Å². The molecule has 2 heterocycles. The summed E-state index contributed by atoms with van der Waals surface area (Å²) in [6.07, 6.45) is 1.13. The number of halogens is 1. The third kappa shape index (κ3) is 2.92. The molecule has 7 heteroatoms. The van der Waals surface area contributed by atoms with E-state index in [-0.39, 0.29) is 22.7 Å². The second-order valence-electron chi connectivity index (χ2n) is 4.34. The van der Waals surface area contributed by atoms with Gasteiger partial charge in [0.05, 0.1) is 5.56 Å². The van der Waals surface area contributed by atoms with Gasteiger partial charge in [0.1, 0.15) is 10.7 Å². The molecule has 0 aliphatic carbocycles. The molecule has 0 unspecified atom stereocenters. The zero-order valence-corrected chi connectivity index (χ0v) is 12.3. The Labute approximate surface area is 127 Å². The topological polar surface area (TPSA) is 77.8 Å². The molecule has 1 aliphatic rings. The predicted octanol–water partition coefficient (Wildman–Crippen LogP) is 2.06. The highest BCUT2D eigenvalue weighted by molar-refractivity contribution is 9.10. The van der Waals surface area contributed by atoms with E-state index in [2.05, 4.69) is 21.2 Å². The van der Waals surface area contributed by atoms with E-state index in [9.17, 15) is 9.59 Å². The van der Waals surface area contributed by atoms with Crippen molar-refractivity contribution in [3.8, 4) is 11.5 Å². The number of hydrogen-bond donors (Lipinski definition) is 1. The Morgan fingerprint density at radius 2 is 2.05 bits per heavy atom. The lowest BCUT2D eigenvalue weighted by molar-refractivity contribution is 0.0948. The van der Waals surface area contributed by atoms with Crippen molar-refractivity contribution >= 4 is 21.8 Å². The van der Waals surface area contributed by atoms with E-state index in [1.165, 1.54) is 6.07 Å². The molecule has 1 aromatic carbocycles. The fraction of sp³-hybridized carbons (Fsp3) is 0.143. The molecule has 21 heavy (non-hydrogen) atoms. The molecular formula is C14H10BrNO5. The molecule has 0 radical (unpaired) electrons. The van der Waals surface area contributed by atoms with Crippen molar-refractivity contribution in [2.45, 2.75) is 6.54 Å². The number of amides is 1. The van der Waals surface area contributed by atoms with Gasteiger partial charge in [0.25, 0.3) is 5.91 Å². The monoisotopic (exact) mass is 351 g/mol. The molecule has 2 aromatic rings. The van der Waals surface area contributed by atoms with E-state index < -0.39 is 5.63 Å². The Balaban J connectivity index is 1.68. The van der Waals surface area contributed by atoms with Crippen LogP contribution in [-0.2, 0) is 6.54 Å². The largest absolute Gasteiger partial charge is 0.454 e. The predicted molar refractivity (Wildman–Crippen MR) is 76.4 cm³/mol. The molecule has 0 bridgehead atoms. The Morgan fingerprint density at radius 1 is 1.24 bits per heavy atom. The number of rotatable bonds is 3. The van der Waals surface area contributed by atoms with Crippen LogP contribution in [0.4, 0.5) is 0 Å². The van der Waals surface area contributed by atoms with E-state index in [0.717, 1.165) is 11.8 Å². The minimum atomic E-state index is -0.526. The fourth-order valence-corrected chi connectivity index (χ4v) is 2.20. The normalized spacial score (nSPS) is 12.2. The molecule has 0 fully saturated rings. The van der Waals surface area contributed by atoms with Crippen LogP contribution in [-0.4, -0.2) is 12.7 Å². The lowest BCUT2D eigenvalue weighted by Crippen LogP contribution is -2.23. The van der Waals surface area contributed by atoms with Crippen molar-refractivity contribution < 1.29 is 18.7 Å². The standard InChI is InChI=1S/C14H10BrNO5/c15-10-4-9(6-19-14(10)18)13(17)16-5-8-1-2-11-12(3-8)21-7-20-11/h1-4,6H,5,7H2,(H,16,17). The van der Waals surface area contributed by atoms with Gasteiger partial charge < -0.3 is 19.2 Å². The Kier molecular flexibility index (Phi) is 3.66. The number of hydrogen-bond acceptors (Lipinski definition) is 5. The van der Waals surface area contributed by atoms with Gasteiger partial charge in [-0.1, -0.05) is 6.07 Å². The molecule has 0 atom stereocenters. The highest BCUT2D eigenvalue weighted by atomic mass is 79.9. The van der Waals surface area contributed by atoms with E-state index in [0.29, 0.717) is 18.0 Å². The molecule has 6 nitrogen and oxygen atoms in total. The quantitative estimate of drug-likeness (QED) is 0.915. The van der Waals surface area contributed by atoms with Crippen molar-refractivity contribution in [2.75, 3.05) is 6.79 Å². The van der Waals surface area contributed by atoms with Crippen LogP contribution in [0.25, 0.3) is 0 Å². The molecule has 108 valence electrons. The SMILES string of the molecule is O=C(NCc1ccc2c(c1)OCO2)c1coc(=O)c(Br)c1. The summed E-state index contributed by atoms with van der Waals surface area (Å²) in [5.74, 6) is 1.02. The maximum Gasteiger partial charge on any atom is 0.350 e. The van der Waals surface area contributed by atoms with Crippen LogP contribution in [0.15, 0.2) is 44.2 Å². The Bertz CT molecular complexity index is 755. The smallest absolute Gasteiger partial charge is 0.350 e. The van der Waals surface area contributed by atoms with Gasteiger partial charge in [0, 0.05) is 6.54 Å². The molecule has 0 spiro atoms. The van der Waals surface area contributed by atoms with Crippen molar-refractivity contribution in [1.82, 2.24) is 5.32 Å². The lowest BCUT2D eigenvalue weighted by Gasteiger charge is -2.06. The molecule has 1 aromatic heterocycles. The van der Waals surface area contributed by atoms with E-state index in [1.54, 1.807) is 6.07 Å². The van der Waals surface area contributed by atoms with Crippen molar-refractivity contribution in [3.63, 3.8) is 0 Å². The number of fused-ring (bicyclic) bond motifs is 1. The van der Waals surface area contributed by atoms with Crippen LogP contribution in [0.3, 0.4) is 0 Å². The summed E-state index contributed by atoms with van der Waals surface area (Å²) in [6, 6.07) is 6.86. The highest BCUT2D eigenvalue weighted by Crippen LogP contribution is 2.32. The second-order valence-corrected chi connectivity index (χ2v) is 5.20. The lowest BCUT2D eigenvalue weighted by atomic mass is 10.2. The van der Waals surface area contributed by atoms with Gasteiger partial charge in [0.15, 0.2) is 11.5 Å². The maximum absolute atomic E-state index is 12.0. The molecule has 1 amide bonds. The summed E-state index contributed by atoms with van der Waals surface area (Å²) < 4.78 is 15.4. The van der Waals surface area contributed by atoms with Gasteiger partial charge in [-0.25, -0.2) is 4.79 Å².